The average molecular weight is 295 g/mol. The summed E-state index contributed by atoms with van der Waals surface area (Å²) in [6, 6.07) is 5.87. The molecule has 2 aliphatic carbocycles. The highest BCUT2D eigenvalue weighted by molar-refractivity contribution is 7.91. The second kappa shape index (κ2) is 5.47. The van der Waals surface area contributed by atoms with Crippen LogP contribution < -0.4 is 5.32 Å². The van der Waals surface area contributed by atoms with Gasteiger partial charge in [-0.15, -0.1) is 0 Å². The van der Waals surface area contributed by atoms with Gasteiger partial charge in [-0.1, -0.05) is 6.07 Å². The number of hydrogen-bond donors (Lipinski definition) is 2. The van der Waals surface area contributed by atoms with E-state index in [9.17, 15) is 13.5 Å². The Morgan fingerprint density at radius 1 is 1.25 bits per heavy atom. The van der Waals surface area contributed by atoms with Crippen LogP contribution in [0.2, 0.25) is 0 Å². The molecule has 0 spiro atoms. The SMILES string of the molecule is O=S(=O)(CC(O)CNC1CC1)c1ccc2c(c1)CCC2. The zero-order valence-corrected chi connectivity index (χ0v) is 12.3. The molecule has 20 heavy (non-hydrogen) atoms. The number of sulfone groups is 1. The first-order valence-electron chi connectivity index (χ1n) is 7.30. The number of aliphatic hydroxyl groups excluding tert-OH is 1. The lowest BCUT2D eigenvalue weighted by Crippen LogP contribution is -2.33. The minimum atomic E-state index is -3.40. The predicted molar refractivity (Wildman–Crippen MR) is 77.6 cm³/mol. The summed E-state index contributed by atoms with van der Waals surface area (Å²) in [6.07, 6.45) is 4.53. The summed E-state index contributed by atoms with van der Waals surface area (Å²) >= 11 is 0. The number of rotatable bonds is 6. The molecule has 0 aliphatic heterocycles. The molecule has 2 aliphatic rings. The van der Waals surface area contributed by atoms with Crippen LogP contribution in [0.4, 0.5) is 0 Å². The summed E-state index contributed by atoms with van der Waals surface area (Å²) in [6.45, 7) is 0.356. The van der Waals surface area contributed by atoms with Crippen LogP contribution in [0.5, 0.6) is 0 Å². The molecule has 110 valence electrons. The van der Waals surface area contributed by atoms with Gasteiger partial charge in [0.1, 0.15) is 0 Å². The second-order valence-electron chi connectivity index (χ2n) is 5.90. The lowest BCUT2D eigenvalue weighted by Gasteiger charge is -2.13. The molecule has 1 atom stereocenters. The van der Waals surface area contributed by atoms with Crippen molar-refractivity contribution in [2.45, 2.75) is 49.1 Å². The van der Waals surface area contributed by atoms with Crippen LogP contribution in [0, 0.1) is 0 Å². The van der Waals surface area contributed by atoms with Gasteiger partial charge in [-0.3, -0.25) is 0 Å². The molecule has 5 heteroatoms. The van der Waals surface area contributed by atoms with E-state index < -0.39 is 15.9 Å². The van der Waals surface area contributed by atoms with E-state index in [0.29, 0.717) is 17.5 Å². The molecule has 4 nitrogen and oxygen atoms in total. The summed E-state index contributed by atoms with van der Waals surface area (Å²) in [7, 11) is -3.40. The molecular weight excluding hydrogens is 274 g/mol. The number of aryl methyl sites for hydroxylation is 2. The number of hydrogen-bond acceptors (Lipinski definition) is 4. The van der Waals surface area contributed by atoms with Gasteiger partial charge < -0.3 is 10.4 Å². The maximum atomic E-state index is 12.3. The van der Waals surface area contributed by atoms with Gasteiger partial charge >= 0.3 is 0 Å². The molecule has 0 heterocycles. The molecule has 3 rings (SSSR count). The minimum absolute atomic E-state index is 0.203. The largest absolute Gasteiger partial charge is 0.391 e. The Morgan fingerprint density at radius 3 is 2.75 bits per heavy atom. The van der Waals surface area contributed by atoms with Crippen molar-refractivity contribution in [3.05, 3.63) is 29.3 Å². The fraction of sp³-hybridized carbons (Fsp3) is 0.600. The van der Waals surface area contributed by atoms with Crippen LogP contribution in [0.25, 0.3) is 0 Å². The molecule has 1 unspecified atom stereocenters. The van der Waals surface area contributed by atoms with Crippen molar-refractivity contribution >= 4 is 9.84 Å². The summed E-state index contributed by atoms with van der Waals surface area (Å²) < 4.78 is 24.6. The van der Waals surface area contributed by atoms with Crippen molar-refractivity contribution in [3.63, 3.8) is 0 Å². The van der Waals surface area contributed by atoms with E-state index in [0.717, 1.165) is 37.7 Å². The van der Waals surface area contributed by atoms with E-state index in [1.165, 1.54) is 5.56 Å². The van der Waals surface area contributed by atoms with Gasteiger partial charge in [0.25, 0.3) is 0 Å². The fourth-order valence-corrected chi connectivity index (χ4v) is 4.15. The quantitative estimate of drug-likeness (QED) is 0.823. The summed E-state index contributed by atoms with van der Waals surface area (Å²) in [4.78, 5) is 0.351. The summed E-state index contributed by atoms with van der Waals surface area (Å²) in [5, 5.41) is 13.0. The maximum absolute atomic E-state index is 12.3. The van der Waals surface area contributed by atoms with Crippen molar-refractivity contribution < 1.29 is 13.5 Å². The van der Waals surface area contributed by atoms with Gasteiger partial charge in [-0.25, -0.2) is 8.42 Å². The zero-order chi connectivity index (χ0) is 14.2. The number of fused-ring (bicyclic) bond motifs is 1. The van der Waals surface area contributed by atoms with E-state index in [2.05, 4.69) is 5.32 Å². The van der Waals surface area contributed by atoms with Gasteiger partial charge in [-0.05, 0) is 55.4 Å². The average Bonchev–Trinajstić information content (AvgIpc) is 3.11. The molecular formula is C15H21NO3S. The first-order chi connectivity index (χ1) is 9.54. The van der Waals surface area contributed by atoms with E-state index in [1.54, 1.807) is 12.1 Å². The zero-order valence-electron chi connectivity index (χ0n) is 11.5. The van der Waals surface area contributed by atoms with E-state index in [-0.39, 0.29) is 5.75 Å². The Bertz CT molecular complexity index is 593. The molecule has 0 radical (unpaired) electrons. The van der Waals surface area contributed by atoms with Crippen molar-refractivity contribution in [2.75, 3.05) is 12.3 Å². The van der Waals surface area contributed by atoms with E-state index in [1.807, 2.05) is 6.07 Å². The highest BCUT2D eigenvalue weighted by atomic mass is 32.2. The predicted octanol–water partition coefficient (Wildman–Crippen LogP) is 1.06. The van der Waals surface area contributed by atoms with Crippen LogP contribution in [0.1, 0.15) is 30.4 Å². The number of benzene rings is 1. The molecule has 1 fully saturated rings. The smallest absolute Gasteiger partial charge is 0.180 e. The Morgan fingerprint density at radius 2 is 2.00 bits per heavy atom. The highest BCUT2D eigenvalue weighted by Gasteiger charge is 2.25. The topological polar surface area (TPSA) is 66.4 Å². The fourth-order valence-electron chi connectivity index (χ4n) is 2.74. The molecule has 0 saturated heterocycles. The molecule has 2 N–H and O–H groups in total. The Balaban J connectivity index is 1.67. The first-order valence-corrected chi connectivity index (χ1v) is 8.96. The molecule has 1 aromatic rings. The van der Waals surface area contributed by atoms with Gasteiger partial charge in [0, 0.05) is 12.6 Å². The third-order valence-electron chi connectivity index (χ3n) is 4.06. The van der Waals surface area contributed by atoms with Gasteiger partial charge in [-0.2, -0.15) is 0 Å². The monoisotopic (exact) mass is 295 g/mol. The Kier molecular flexibility index (Phi) is 3.84. The van der Waals surface area contributed by atoms with Gasteiger partial charge in [0.05, 0.1) is 16.8 Å². The maximum Gasteiger partial charge on any atom is 0.180 e. The van der Waals surface area contributed by atoms with Crippen LogP contribution in [-0.4, -0.2) is 38.0 Å². The third kappa shape index (κ3) is 3.22. The van der Waals surface area contributed by atoms with Crippen LogP contribution in [0.3, 0.4) is 0 Å². The lowest BCUT2D eigenvalue weighted by molar-refractivity contribution is 0.193. The first kappa shape index (κ1) is 14.0. The summed E-state index contributed by atoms with van der Waals surface area (Å²) in [5.74, 6) is -0.203. The van der Waals surface area contributed by atoms with Gasteiger partial charge in [0.2, 0.25) is 0 Å². The van der Waals surface area contributed by atoms with Crippen molar-refractivity contribution in [1.29, 1.82) is 0 Å². The molecule has 0 amide bonds. The second-order valence-corrected chi connectivity index (χ2v) is 7.94. The van der Waals surface area contributed by atoms with Crippen LogP contribution >= 0.6 is 0 Å². The normalized spacial score (nSPS) is 19.9. The molecule has 0 bridgehead atoms. The Labute approximate surface area is 120 Å². The van der Waals surface area contributed by atoms with Crippen LogP contribution in [0.15, 0.2) is 23.1 Å². The molecule has 0 aromatic heterocycles. The molecule has 1 aromatic carbocycles. The third-order valence-corrected chi connectivity index (χ3v) is 5.86. The van der Waals surface area contributed by atoms with Gasteiger partial charge in [0.15, 0.2) is 9.84 Å². The lowest BCUT2D eigenvalue weighted by atomic mass is 10.1. The van der Waals surface area contributed by atoms with E-state index >= 15 is 0 Å². The standard InChI is InChI=1S/C15H21NO3S/c17-14(9-16-13-5-6-13)10-20(18,19)15-7-4-11-2-1-3-12(11)8-15/h4,7-8,13-14,16-17H,1-3,5-6,9-10H2. The van der Waals surface area contributed by atoms with E-state index in [4.69, 9.17) is 0 Å². The van der Waals surface area contributed by atoms with Crippen molar-refractivity contribution in [3.8, 4) is 0 Å². The molecule has 1 saturated carbocycles. The van der Waals surface area contributed by atoms with Crippen LogP contribution in [-0.2, 0) is 22.7 Å². The number of aliphatic hydroxyl groups is 1. The number of nitrogens with one attached hydrogen (secondary N) is 1. The minimum Gasteiger partial charge on any atom is -0.391 e. The van der Waals surface area contributed by atoms with Crippen molar-refractivity contribution in [1.82, 2.24) is 5.32 Å². The van der Waals surface area contributed by atoms with Crippen molar-refractivity contribution in [2.24, 2.45) is 0 Å². The highest BCUT2D eigenvalue weighted by Crippen LogP contribution is 2.25. The summed E-state index contributed by atoms with van der Waals surface area (Å²) in [5.41, 5.74) is 2.41. The Hall–Kier alpha value is -0.910.